The molecule has 0 fully saturated rings. The monoisotopic (exact) mass is 394 g/mol. The summed E-state index contributed by atoms with van der Waals surface area (Å²) in [4.78, 5) is 22.2. The summed E-state index contributed by atoms with van der Waals surface area (Å²) < 4.78 is 6.47. The topological polar surface area (TPSA) is 87.7 Å². The van der Waals surface area contributed by atoms with Gasteiger partial charge in [0, 0.05) is 10.5 Å². The van der Waals surface area contributed by atoms with Gasteiger partial charge >= 0.3 is 12.0 Å². The molecular formula is C11H12Br2N2O4. The lowest BCUT2D eigenvalue weighted by Crippen LogP contribution is -2.40. The van der Waals surface area contributed by atoms with E-state index in [1.165, 1.54) is 14.0 Å². The molecule has 1 rings (SSSR count). The van der Waals surface area contributed by atoms with E-state index in [1.54, 1.807) is 12.1 Å². The van der Waals surface area contributed by atoms with Gasteiger partial charge in [0.2, 0.25) is 0 Å². The second-order valence-corrected chi connectivity index (χ2v) is 5.33. The van der Waals surface area contributed by atoms with Crippen LogP contribution in [0.2, 0.25) is 0 Å². The van der Waals surface area contributed by atoms with E-state index in [9.17, 15) is 9.59 Å². The first-order valence-corrected chi connectivity index (χ1v) is 6.77. The van der Waals surface area contributed by atoms with E-state index in [1.807, 2.05) is 0 Å². The lowest BCUT2D eigenvalue weighted by molar-refractivity contribution is -0.138. The standard InChI is InChI=1S/C11H12Br2N2O4/c1-5(10(16)17)14-11(18)15-8-4-9(19-2)7(13)3-6(8)12/h3-5H,1-2H3,(H,16,17)(H2,14,15,18). The highest BCUT2D eigenvalue weighted by Crippen LogP contribution is 2.34. The number of aliphatic carboxylic acids is 1. The molecule has 0 saturated carbocycles. The minimum Gasteiger partial charge on any atom is -0.495 e. The maximum atomic E-state index is 11.6. The predicted octanol–water partition coefficient (Wildman–Crippen LogP) is 2.81. The van der Waals surface area contributed by atoms with E-state index in [2.05, 4.69) is 42.5 Å². The minimum atomic E-state index is -1.11. The first-order chi connectivity index (χ1) is 8.85. The number of rotatable bonds is 4. The van der Waals surface area contributed by atoms with Crippen LogP contribution in [-0.2, 0) is 4.79 Å². The summed E-state index contributed by atoms with van der Waals surface area (Å²) in [5.41, 5.74) is 0.468. The number of anilines is 1. The fourth-order valence-corrected chi connectivity index (χ4v) is 2.45. The number of carbonyl (C=O) groups is 2. The summed E-state index contributed by atoms with van der Waals surface area (Å²) in [5.74, 6) is -0.563. The number of urea groups is 1. The number of halogens is 2. The van der Waals surface area contributed by atoms with Crippen LogP contribution in [0.1, 0.15) is 6.92 Å². The van der Waals surface area contributed by atoms with Gasteiger partial charge in [-0.15, -0.1) is 0 Å². The number of nitrogens with one attached hydrogen (secondary N) is 2. The Bertz CT molecular complexity index is 508. The van der Waals surface area contributed by atoms with Gasteiger partial charge in [-0.2, -0.15) is 0 Å². The third-order valence-corrected chi connectivity index (χ3v) is 3.48. The molecule has 0 spiro atoms. The number of carboxylic acids is 1. The SMILES string of the molecule is COc1cc(NC(=O)NC(C)C(=O)O)c(Br)cc1Br. The fraction of sp³-hybridized carbons (Fsp3) is 0.273. The zero-order chi connectivity index (χ0) is 14.6. The van der Waals surface area contributed by atoms with Crippen molar-refractivity contribution >= 4 is 49.5 Å². The van der Waals surface area contributed by atoms with Gasteiger partial charge in [-0.25, -0.2) is 4.79 Å². The Morgan fingerprint density at radius 3 is 2.47 bits per heavy atom. The first kappa shape index (κ1) is 15.8. The fourth-order valence-electron chi connectivity index (χ4n) is 1.20. The highest BCUT2D eigenvalue weighted by Gasteiger charge is 2.15. The van der Waals surface area contributed by atoms with Gasteiger partial charge in [-0.1, -0.05) is 0 Å². The van der Waals surface area contributed by atoms with Crippen LogP contribution in [-0.4, -0.2) is 30.3 Å². The molecule has 3 N–H and O–H groups in total. The maximum absolute atomic E-state index is 11.6. The average molecular weight is 396 g/mol. The summed E-state index contributed by atoms with van der Waals surface area (Å²) >= 11 is 6.60. The van der Waals surface area contributed by atoms with E-state index < -0.39 is 18.0 Å². The molecule has 19 heavy (non-hydrogen) atoms. The van der Waals surface area contributed by atoms with Crippen LogP contribution in [0, 0.1) is 0 Å². The van der Waals surface area contributed by atoms with Crippen molar-refractivity contribution in [3.63, 3.8) is 0 Å². The zero-order valence-corrected chi connectivity index (χ0v) is 13.3. The molecule has 104 valence electrons. The number of ether oxygens (including phenoxy) is 1. The van der Waals surface area contributed by atoms with Crippen LogP contribution < -0.4 is 15.4 Å². The molecule has 0 heterocycles. The van der Waals surface area contributed by atoms with Crippen LogP contribution in [0.15, 0.2) is 21.1 Å². The molecule has 2 amide bonds. The van der Waals surface area contributed by atoms with Crippen LogP contribution in [0.25, 0.3) is 0 Å². The van der Waals surface area contributed by atoms with Crippen LogP contribution in [0.3, 0.4) is 0 Å². The van der Waals surface area contributed by atoms with Gasteiger partial charge in [0.05, 0.1) is 17.3 Å². The van der Waals surface area contributed by atoms with E-state index in [-0.39, 0.29) is 0 Å². The Morgan fingerprint density at radius 2 is 1.95 bits per heavy atom. The predicted molar refractivity (Wildman–Crippen MR) is 77.6 cm³/mol. The molecule has 0 saturated heterocycles. The van der Waals surface area contributed by atoms with Crippen molar-refractivity contribution in [2.75, 3.05) is 12.4 Å². The molecule has 1 aromatic carbocycles. The number of benzene rings is 1. The molecule has 1 unspecified atom stereocenters. The Morgan fingerprint density at radius 1 is 1.32 bits per heavy atom. The molecule has 0 aromatic heterocycles. The molecule has 1 aromatic rings. The number of hydrogen-bond acceptors (Lipinski definition) is 3. The molecule has 0 aliphatic rings. The molecule has 0 radical (unpaired) electrons. The zero-order valence-electron chi connectivity index (χ0n) is 10.2. The van der Waals surface area contributed by atoms with Crippen LogP contribution in [0.5, 0.6) is 5.75 Å². The molecule has 6 nitrogen and oxygen atoms in total. The number of methoxy groups -OCH3 is 1. The number of amides is 2. The van der Waals surface area contributed by atoms with Crippen molar-refractivity contribution in [2.45, 2.75) is 13.0 Å². The Kier molecular flexibility index (Phi) is 5.61. The van der Waals surface area contributed by atoms with E-state index in [0.717, 1.165) is 4.47 Å². The van der Waals surface area contributed by atoms with Crippen LogP contribution in [0.4, 0.5) is 10.5 Å². The average Bonchev–Trinajstić information content (AvgIpc) is 2.32. The summed E-state index contributed by atoms with van der Waals surface area (Å²) in [5, 5.41) is 13.5. The molecule has 0 aliphatic carbocycles. The van der Waals surface area contributed by atoms with Gasteiger partial charge in [0.25, 0.3) is 0 Å². The first-order valence-electron chi connectivity index (χ1n) is 5.18. The van der Waals surface area contributed by atoms with Gasteiger partial charge in [-0.3, -0.25) is 4.79 Å². The van der Waals surface area contributed by atoms with Crippen molar-refractivity contribution < 1.29 is 19.4 Å². The number of carboxylic acid groups (broad SMARTS) is 1. The smallest absolute Gasteiger partial charge is 0.325 e. The lowest BCUT2D eigenvalue weighted by Gasteiger charge is -2.13. The van der Waals surface area contributed by atoms with E-state index in [4.69, 9.17) is 9.84 Å². The van der Waals surface area contributed by atoms with Crippen molar-refractivity contribution in [2.24, 2.45) is 0 Å². The van der Waals surface area contributed by atoms with Gasteiger partial charge < -0.3 is 20.5 Å². The Hall–Kier alpha value is -1.28. The van der Waals surface area contributed by atoms with Gasteiger partial charge in [0.15, 0.2) is 0 Å². The second kappa shape index (κ2) is 6.76. The second-order valence-electron chi connectivity index (χ2n) is 3.62. The van der Waals surface area contributed by atoms with Gasteiger partial charge in [-0.05, 0) is 44.8 Å². The molecule has 0 aliphatic heterocycles. The van der Waals surface area contributed by atoms with Gasteiger partial charge in [0.1, 0.15) is 11.8 Å². The van der Waals surface area contributed by atoms with Crippen molar-refractivity contribution in [3.8, 4) is 5.75 Å². The Labute approximate surface area is 126 Å². The summed E-state index contributed by atoms with van der Waals surface area (Å²) in [6, 6.07) is 1.74. The van der Waals surface area contributed by atoms with Crippen molar-refractivity contribution in [1.29, 1.82) is 0 Å². The molecular weight excluding hydrogens is 384 g/mol. The molecule has 1 atom stereocenters. The molecule has 8 heteroatoms. The van der Waals surface area contributed by atoms with E-state index in [0.29, 0.717) is 15.9 Å². The normalized spacial score (nSPS) is 11.6. The van der Waals surface area contributed by atoms with Crippen molar-refractivity contribution in [1.82, 2.24) is 5.32 Å². The quantitative estimate of drug-likeness (QED) is 0.731. The maximum Gasteiger partial charge on any atom is 0.325 e. The highest BCUT2D eigenvalue weighted by molar-refractivity contribution is 9.11. The third-order valence-electron chi connectivity index (χ3n) is 2.21. The summed E-state index contributed by atoms with van der Waals surface area (Å²) in [6.45, 7) is 1.37. The largest absolute Gasteiger partial charge is 0.495 e. The summed E-state index contributed by atoms with van der Waals surface area (Å²) in [7, 11) is 1.50. The van der Waals surface area contributed by atoms with E-state index >= 15 is 0 Å². The summed E-state index contributed by atoms with van der Waals surface area (Å²) in [6.07, 6.45) is 0. The van der Waals surface area contributed by atoms with Crippen LogP contribution >= 0.6 is 31.9 Å². The third kappa shape index (κ3) is 4.39. The minimum absolute atomic E-state index is 0.468. The lowest BCUT2D eigenvalue weighted by atomic mass is 10.3. The van der Waals surface area contributed by atoms with Crippen molar-refractivity contribution in [3.05, 3.63) is 21.1 Å². The molecule has 0 bridgehead atoms. The number of carbonyl (C=O) groups excluding carboxylic acids is 1. The number of hydrogen-bond donors (Lipinski definition) is 3. The Balaban J connectivity index is 2.82. The highest BCUT2D eigenvalue weighted by atomic mass is 79.9.